The van der Waals surface area contributed by atoms with Crippen LogP contribution in [0.15, 0.2) is 60.7 Å². The van der Waals surface area contributed by atoms with Crippen LogP contribution in [0.2, 0.25) is 0 Å². The third-order valence-electron chi connectivity index (χ3n) is 5.68. The summed E-state index contributed by atoms with van der Waals surface area (Å²) in [6, 6.07) is 19.0. The number of rotatable bonds is 6. The van der Waals surface area contributed by atoms with Gasteiger partial charge < -0.3 is 4.74 Å². The summed E-state index contributed by atoms with van der Waals surface area (Å²) in [4.78, 5) is 14.5. The molecule has 27 heavy (non-hydrogen) atoms. The number of hydrogen-bond acceptors (Lipinski definition) is 2. The fourth-order valence-corrected chi connectivity index (χ4v) is 4.38. The summed E-state index contributed by atoms with van der Waals surface area (Å²) < 4.78 is 5.50. The highest BCUT2D eigenvalue weighted by molar-refractivity contribution is 5.87. The van der Waals surface area contributed by atoms with Gasteiger partial charge in [-0.1, -0.05) is 86.9 Å². The van der Waals surface area contributed by atoms with Crippen molar-refractivity contribution >= 4 is 11.8 Å². The molecular weight excluding hydrogens is 334 g/mol. The van der Waals surface area contributed by atoms with Crippen molar-refractivity contribution in [2.75, 3.05) is 6.61 Å². The monoisotopic (exact) mass is 361 g/mol. The number of carbonyl (C=O) groups is 1. The van der Waals surface area contributed by atoms with Gasteiger partial charge in [-0.05, 0) is 24.0 Å². The van der Waals surface area contributed by atoms with Gasteiger partial charge in [-0.2, -0.15) is 0 Å². The standard InChI is InChI=1S/C24H27NO2/c1-2-3-4-5-9-16-21-19-14-10-11-15-20(19)23(18-12-7-6-8-13-18)22-17-27-24(26)25(21)22/h6-8,10-16,22-23H,2-5,9,17H2,1H3/b21-16-/t22-,23?/m0/s1. The van der Waals surface area contributed by atoms with E-state index in [-0.39, 0.29) is 18.1 Å². The van der Waals surface area contributed by atoms with E-state index in [0.717, 1.165) is 24.1 Å². The van der Waals surface area contributed by atoms with Gasteiger partial charge in [-0.3, -0.25) is 4.90 Å². The number of benzene rings is 2. The molecule has 2 aromatic carbocycles. The smallest absolute Gasteiger partial charge is 0.414 e. The Kier molecular flexibility index (Phi) is 5.28. The van der Waals surface area contributed by atoms with Crippen LogP contribution in [0.5, 0.6) is 0 Å². The fraction of sp³-hybridized carbons (Fsp3) is 0.375. The molecule has 0 saturated carbocycles. The molecule has 140 valence electrons. The van der Waals surface area contributed by atoms with Gasteiger partial charge in [0, 0.05) is 11.5 Å². The first-order chi connectivity index (χ1) is 13.3. The molecule has 3 nitrogen and oxygen atoms in total. The maximum Gasteiger partial charge on any atom is 0.414 e. The Bertz CT molecular complexity index is 827. The molecule has 1 saturated heterocycles. The molecule has 3 heteroatoms. The number of unbranched alkanes of at least 4 members (excludes halogenated alkanes) is 4. The van der Waals surface area contributed by atoms with Crippen LogP contribution in [0.1, 0.15) is 61.6 Å². The van der Waals surface area contributed by atoms with Crippen molar-refractivity contribution in [3.63, 3.8) is 0 Å². The van der Waals surface area contributed by atoms with E-state index in [9.17, 15) is 4.79 Å². The maximum atomic E-state index is 12.6. The summed E-state index contributed by atoms with van der Waals surface area (Å²) >= 11 is 0. The van der Waals surface area contributed by atoms with E-state index in [1.54, 1.807) is 0 Å². The summed E-state index contributed by atoms with van der Waals surface area (Å²) in [5, 5.41) is 0. The number of allylic oxidation sites excluding steroid dienone is 1. The molecule has 2 aromatic rings. The number of nitrogens with zero attached hydrogens (tertiary/aromatic N) is 1. The lowest BCUT2D eigenvalue weighted by atomic mass is 9.78. The molecule has 0 spiro atoms. The van der Waals surface area contributed by atoms with Crippen molar-refractivity contribution in [1.82, 2.24) is 4.90 Å². The normalized spacial score (nSPS) is 22.5. The molecule has 1 fully saturated rings. The van der Waals surface area contributed by atoms with Gasteiger partial charge in [0.15, 0.2) is 0 Å². The summed E-state index contributed by atoms with van der Waals surface area (Å²) in [5.41, 5.74) is 4.72. The predicted molar refractivity (Wildman–Crippen MR) is 108 cm³/mol. The van der Waals surface area contributed by atoms with Crippen molar-refractivity contribution in [1.29, 1.82) is 0 Å². The first kappa shape index (κ1) is 17.8. The minimum Gasteiger partial charge on any atom is -0.447 e. The zero-order valence-corrected chi connectivity index (χ0v) is 15.9. The second-order valence-corrected chi connectivity index (χ2v) is 7.43. The second-order valence-electron chi connectivity index (χ2n) is 7.43. The van der Waals surface area contributed by atoms with Crippen molar-refractivity contribution in [3.8, 4) is 0 Å². The largest absolute Gasteiger partial charge is 0.447 e. The van der Waals surface area contributed by atoms with Gasteiger partial charge >= 0.3 is 6.09 Å². The molecule has 1 unspecified atom stereocenters. The number of fused-ring (bicyclic) bond motifs is 2. The topological polar surface area (TPSA) is 29.5 Å². The molecule has 2 aliphatic rings. The molecule has 0 aliphatic carbocycles. The molecule has 0 radical (unpaired) electrons. The zero-order chi connectivity index (χ0) is 18.6. The molecule has 0 aromatic heterocycles. The first-order valence-electron chi connectivity index (χ1n) is 10.1. The molecular formula is C24H27NO2. The van der Waals surface area contributed by atoms with Crippen LogP contribution in [-0.4, -0.2) is 23.6 Å². The molecule has 0 bridgehead atoms. The fourth-order valence-electron chi connectivity index (χ4n) is 4.38. The Balaban J connectivity index is 1.74. The quantitative estimate of drug-likeness (QED) is 0.594. The lowest BCUT2D eigenvalue weighted by Gasteiger charge is -2.38. The number of hydrogen-bond donors (Lipinski definition) is 0. The molecule has 2 atom stereocenters. The van der Waals surface area contributed by atoms with Crippen molar-refractivity contribution in [3.05, 3.63) is 77.4 Å². The highest BCUT2D eigenvalue weighted by atomic mass is 16.6. The van der Waals surface area contributed by atoms with Gasteiger partial charge in [0.1, 0.15) is 6.61 Å². The number of carbonyl (C=O) groups excluding carboxylic acids is 1. The Labute approximate surface area is 161 Å². The van der Waals surface area contributed by atoms with Crippen molar-refractivity contribution in [2.45, 2.75) is 51.0 Å². The zero-order valence-electron chi connectivity index (χ0n) is 15.9. The predicted octanol–water partition coefficient (Wildman–Crippen LogP) is 5.96. The third kappa shape index (κ3) is 3.39. The number of cyclic esters (lactones) is 1. The van der Waals surface area contributed by atoms with Crippen LogP contribution in [0.4, 0.5) is 4.79 Å². The van der Waals surface area contributed by atoms with E-state index in [1.165, 1.54) is 30.4 Å². The molecule has 1 amide bonds. The van der Waals surface area contributed by atoms with Gasteiger partial charge in [0.25, 0.3) is 0 Å². The highest BCUT2D eigenvalue weighted by Gasteiger charge is 2.46. The number of ether oxygens (including phenoxy) is 1. The molecule has 4 rings (SSSR count). The van der Waals surface area contributed by atoms with Gasteiger partial charge in [-0.25, -0.2) is 4.79 Å². The molecule has 2 aliphatic heterocycles. The Morgan fingerprint density at radius 2 is 1.81 bits per heavy atom. The van der Waals surface area contributed by atoms with Gasteiger partial charge in [-0.15, -0.1) is 0 Å². The van der Waals surface area contributed by atoms with Crippen LogP contribution in [0.3, 0.4) is 0 Å². The van der Waals surface area contributed by atoms with Gasteiger partial charge in [0.2, 0.25) is 0 Å². The third-order valence-corrected chi connectivity index (χ3v) is 5.68. The molecule has 2 heterocycles. The average molecular weight is 361 g/mol. The summed E-state index contributed by atoms with van der Waals surface area (Å²) in [5.74, 6) is 0.145. The minimum absolute atomic E-state index is 0.0247. The Morgan fingerprint density at radius 3 is 2.63 bits per heavy atom. The van der Waals surface area contributed by atoms with Crippen LogP contribution < -0.4 is 0 Å². The van der Waals surface area contributed by atoms with Gasteiger partial charge in [0.05, 0.1) is 11.7 Å². The molecule has 0 N–H and O–H groups in total. The van der Waals surface area contributed by atoms with E-state index in [4.69, 9.17) is 4.74 Å². The summed E-state index contributed by atoms with van der Waals surface area (Å²) in [6.45, 7) is 2.67. The van der Waals surface area contributed by atoms with E-state index in [2.05, 4.69) is 61.5 Å². The van der Waals surface area contributed by atoms with Crippen molar-refractivity contribution in [2.24, 2.45) is 0 Å². The SMILES string of the molecule is CCCCCC/C=C1/c2ccccc2C(c2ccccc2)[C@@H]2COC(=O)N12. The number of amides is 1. The summed E-state index contributed by atoms with van der Waals surface area (Å²) in [6.07, 6.45) is 7.93. The van der Waals surface area contributed by atoms with Crippen LogP contribution >= 0.6 is 0 Å². The van der Waals surface area contributed by atoms with Crippen LogP contribution in [-0.2, 0) is 4.74 Å². The Hall–Kier alpha value is -2.55. The highest BCUT2D eigenvalue weighted by Crippen LogP contribution is 2.45. The van der Waals surface area contributed by atoms with Crippen molar-refractivity contribution < 1.29 is 9.53 Å². The second kappa shape index (κ2) is 7.99. The lowest BCUT2D eigenvalue weighted by molar-refractivity contribution is 0.167. The first-order valence-corrected chi connectivity index (χ1v) is 10.1. The summed E-state index contributed by atoms with van der Waals surface area (Å²) in [7, 11) is 0. The van der Waals surface area contributed by atoms with Crippen LogP contribution in [0.25, 0.3) is 5.70 Å². The maximum absolute atomic E-state index is 12.6. The average Bonchev–Trinajstić information content (AvgIpc) is 3.09. The van der Waals surface area contributed by atoms with E-state index < -0.39 is 0 Å². The van der Waals surface area contributed by atoms with E-state index in [1.807, 2.05) is 11.0 Å². The van der Waals surface area contributed by atoms with Crippen LogP contribution in [0, 0.1) is 0 Å². The Morgan fingerprint density at radius 1 is 1.04 bits per heavy atom. The minimum atomic E-state index is -0.213. The lowest BCUT2D eigenvalue weighted by Crippen LogP contribution is -2.41. The van der Waals surface area contributed by atoms with E-state index in [0.29, 0.717) is 6.61 Å². The van der Waals surface area contributed by atoms with E-state index >= 15 is 0 Å².